The number of unbranched alkanes of at least 4 members (excludes halogenated alkanes) is 2. The Labute approximate surface area is 452 Å². The van der Waals surface area contributed by atoms with Crippen LogP contribution in [0.2, 0.25) is 0 Å². The maximum atomic E-state index is 5.25. The molecule has 13 aromatic rings. The van der Waals surface area contributed by atoms with Crippen LogP contribution >= 0.6 is 22.7 Å². The second kappa shape index (κ2) is 20.6. The molecular weight excluding hydrogens is 965 g/mol. The molecule has 8 aromatic carbocycles. The summed E-state index contributed by atoms with van der Waals surface area (Å²) in [6.45, 7) is 6.45. The summed E-state index contributed by atoms with van der Waals surface area (Å²) in [5, 5.41) is 5.11. The molecule has 0 aliphatic carbocycles. The van der Waals surface area contributed by atoms with Crippen molar-refractivity contribution in [2.24, 2.45) is 0 Å². The number of nitrogens with zero attached hydrogens (tertiary/aromatic N) is 6. The molecule has 6 nitrogen and oxygen atoms in total. The van der Waals surface area contributed by atoms with Gasteiger partial charge in [0, 0.05) is 89.5 Å². The van der Waals surface area contributed by atoms with Gasteiger partial charge in [0.2, 0.25) is 0 Å². The van der Waals surface area contributed by atoms with Gasteiger partial charge in [-0.2, -0.15) is 0 Å². The van der Waals surface area contributed by atoms with Crippen LogP contribution in [0.15, 0.2) is 231 Å². The highest BCUT2D eigenvalue weighted by Gasteiger charge is 2.20. The molecular formula is C68H56N6S2. The fourth-order valence-corrected chi connectivity index (χ4v) is 12.8. The number of fused-ring (bicyclic) bond motifs is 6. The number of hydrogen-bond acceptors (Lipinski definition) is 6. The van der Waals surface area contributed by atoms with E-state index in [0.29, 0.717) is 0 Å². The first kappa shape index (κ1) is 47.2. The second-order valence-electron chi connectivity index (χ2n) is 19.5. The van der Waals surface area contributed by atoms with Crippen molar-refractivity contribution < 1.29 is 0 Å². The van der Waals surface area contributed by atoms with E-state index in [2.05, 4.69) is 251 Å². The number of aromatic nitrogens is 4. The van der Waals surface area contributed by atoms with Crippen LogP contribution in [0.3, 0.4) is 0 Å². The lowest BCUT2D eigenvalue weighted by molar-refractivity contribution is 0.665. The zero-order valence-electron chi connectivity index (χ0n) is 42.7. The highest BCUT2D eigenvalue weighted by molar-refractivity contribution is 7.19. The molecule has 0 atom stereocenters. The summed E-state index contributed by atoms with van der Waals surface area (Å²) in [5.41, 5.74) is 16.1. The van der Waals surface area contributed by atoms with E-state index in [1.54, 1.807) is 22.7 Å². The van der Waals surface area contributed by atoms with Crippen molar-refractivity contribution in [3.05, 3.63) is 231 Å². The number of hydrogen-bond donors (Lipinski definition) is 0. The number of benzene rings is 8. The lowest BCUT2D eigenvalue weighted by Crippen LogP contribution is -2.09. The third kappa shape index (κ3) is 8.83. The Bertz CT molecular complexity index is 3810. The van der Waals surface area contributed by atoms with E-state index in [-0.39, 0.29) is 0 Å². The lowest BCUT2D eigenvalue weighted by atomic mass is 10.1. The van der Waals surface area contributed by atoms with Gasteiger partial charge < -0.3 is 18.9 Å². The minimum absolute atomic E-state index is 0.884. The maximum absolute atomic E-state index is 5.25. The number of para-hydroxylation sites is 4. The maximum Gasteiger partial charge on any atom is 0.0992 e. The highest BCUT2D eigenvalue weighted by atomic mass is 32.1. The second-order valence-corrected chi connectivity index (χ2v) is 21.7. The lowest BCUT2D eigenvalue weighted by Gasteiger charge is -2.25. The van der Waals surface area contributed by atoms with Crippen LogP contribution in [0, 0.1) is 0 Å². The summed E-state index contributed by atoms with van der Waals surface area (Å²) in [7, 11) is 0. The molecule has 0 spiro atoms. The molecule has 8 heteroatoms. The third-order valence-electron chi connectivity index (χ3n) is 14.7. The van der Waals surface area contributed by atoms with E-state index >= 15 is 0 Å². The molecule has 5 aromatic heterocycles. The largest absolute Gasteiger partial charge is 0.340 e. The van der Waals surface area contributed by atoms with Crippen molar-refractivity contribution in [3.63, 3.8) is 0 Å². The van der Waals surface area contributed by atoms with E-state index < -0.39 is 0 Å². The van der Waals surface area contributed by atoms with Gasteiger partial charge in [-0.15, -0.1) is 22.7 Å². The van der Waals surface area contributed by atoms with Gasteiger partial charge in [-0.1, -0.05) is 136 Å². The normalized spacial score (nSPS) is 11.6. The number of rotatable bonds is 16. The van der Waals surface area contributed by atoms with Crippen LogP contribution in [0.4, 0.5) is 34.1 Å². The van der Waals surface area contributed by atoms with Crippen molar-refractivity contribution in [2.75, 3.05) is 9.80 Å². The molecule has 13 rings (SSSR count). The average molecular weight is 1020 g/mol. The fourth-order valence-electron chi connectivity index (χ4n) is 10.9. The smallest absolute Gasteiger partial charge is 0.0992 e. The number of thiophene rings is 2. The summed E-state index contributed by atoms with van der Waals surface area (Å²) >= 11 is 3.55. The minimum Gasteiger partial charge on any atom is -0.340 e. The van der Waals surface area contributed by atoms with Crippen LogP contribution < -0.4 is 9.80 Å². The fraction of sp³-hybridized carbons (Fsp3) is 0.118. The Morgan fingerprint density at radius 2 is 0.697 bits per heavy atom. The topological polar surface area (TPSA) is 42.1 Å². The van der Waals surface area contributed by atoms with Gasteiger partial charge in [-0.05, 0) is 133 Å². The quantitative estimate of drug-likeness (QED) is 0.0967. The zero-order chi connectivity index (χ0) is 51.0. The van der Waals surface area contributed by atoms with Gasteiger partial charge in [-0.25, -0.2) is 4.98 Å². The van der Waals surface area contributed by atoms with Crippen molar-refractivity contribution >= 4 is 100 Å². The molecule has 0 aliphatic rings. The van der Waals surface area contributed by atoms with Crippen molar-refractivity contribution in [2.45, 2.75) is 52.6 Å². The van der Waals surface area contributed by atoms with Crippen LogP contribution in [-0.2, 0) is 13.1 Å². The Morgan fingerprint density at radius 1 is 0.355 bits per heavy atom. The predicted octanol–water partition coefficient (Wildman–Crippen LogP) is 20.0. The van der Waals surface area contributed by atoms with Crippen LogP contribution in [0.5, 0.6) is 0 Å². The Balaban J connectivity index is 0.802. The van der Waals surface area contributed by atoms with E-state index in [4.69, 9.17) is 9.97 Å². The van der Waals surface area contributed by atoms with E-state index in [1.807, 2.05) is 12.4 Å². The molecule has 0 aliphatic heterocycles. The number of anilines is 6. The van der Waals surface area contributed by atoms with Crippen LogP contribution in [-0.4, -0.2) is 19.1 Å². The summed E-state index contributed by atoms with van der Waals surface area (Å²) in [6.07, 6.45) is 8.24. The summed E-state index contributed by atoms with van der Waals surface area (Å²) < 4.78 is 5.08. The molecule has 5 heterocycles. The van der Waals surface area contributed by atoms with Crippen LogP contribution in [0.1, 0.15) is 39.5 Å². The third-order valence-corrected chi connectivity index (χ3v) is 17.0. The van der Waals surface area contributed by atoms with Gasteiger partial charge in [-0.3, -0.25) is 4.98 Å². The van der Waals surface area contributed by atoms with E-state index in [1.165, 1.54) is 64.5 Å². The van der Waals surface area contributed by atoms with Gasteiger partial charge in [0.1, 0.15) is 0 Å². The van der Waals surface area contributed by atoms with Crippen LogP contribution in [0.25, 0.3) is 85.6 Å². The molecule has 0 bridgehead atoms. The SMILES string of the molecule is CCCCn1c2cc(-c3ccc(-c4cncc(-c5ccc(-c6ccc7c8ccc(N(c9ccccc9)c9ccccc9)cc8n(CCCC)c7c6)s5)n4)s3)ccc2c2ccc(N(c3ccccc3)c3ccccc3)cc21. The molecule has 0 saturated heterocycles. The Morgan fingerprint density at radius 3 is 1.07 bits per heavy atom. The standard InChI is InChI=1S/C68H56N6S2/c1-3-5-39-71-61-41-47(27-31-55(61)57-33-29-53(43-63(57)71)73(49-19-11-7-12-20-49)50-21-13-8-14-22-50)65-35-37-67(75-65)59-45-69-46-60(70-59)68-38-36-66(76-68)48-28-32-56-58-34-30-54(44-64(58)72(40-6-4-2)62(56)42-48)74(51-23-15-9-16-24-51)52-25-17-10-18-26-52/h7-38,41-46H,3-6,39-40H2,1-2H3. The molecule has 0 amide bonds. The molecule has 0 radical (unpaired) electrons. The summed E-state index contributed by atoms with van der Waals surface area (Å²) in [5.74, 6) is 0. The first-order valence-electron chi connectivity index (χ1n) is 26.6. The summed E-state index contributed by atoms with van der Waals surface area (Å²) in [4.78, 5) is 19.3. The van der Waals surface area contributed by atoms with Gasteiger partial charge in [0.25, 0.3) is 0 Å². The average Bonchev–Trinajstić information content (AvgIpc) is 4.35. The Hall–Kier alpha value is -8.56. The highest BCUT2D eigenvalue weighted by Crippen LogP contribution is 2.44. The van der Waals surface area contributed by atoms with E-state index in [0.717, 1.165) is 94.0 Å². The summed E-state index contributed by atoms with van der Waals surface area (Å²) in [6, 6.07) is 79.5. The molecule has 0 unspecified atom stereocenters. The molecule has 76 heavy (non-hydrogen) atoms. The Kier molecular flexibility index (Phi) is 12.8. The number of aryl methyl sites for hydroxylation is 2. The monoisotopic (exact) mass is 1020 g/mol. The molecule has 0 N–H and O–H groups in total. The predicted molar refractivity (Wildman–Crippen MR) is 325 cm³/mol. The van der Waals surface area contributed by atoms with Gasteiger partial charge in [0.05, 0.1) is 44.6 Å². The van der Waals surface area contributed by atoms with E-state index in [9.17, 15) is 0 Å². The first-order chi connectivity index (χ1) is 37.6. The van der Waals surface area contributed by atoms with Gasteiger partial charge >= 0.3 is 0 Å². The molecule has 0 fully saturated rings. The van der Waals surface area contributed by atoms with Crippen molar-refractivity contribution in [3.8, 4) is 42.0 Å². The van der Waals surface area contributed by atoms with Crippen molar-refractivity contribution in [1.29, 1.82) is 0 Å². The van der Waals surface area contributed by atoms with Gasteiger partial charge in [0.15, 0.2) is 0 Å². The van der Waals surface area contributed by atoms with Crippen molar-refractivity contribution in [1.82, 2.24) is 19.1 Å². The zero-order valence-corrected chi connectivity index (χ0v) is 44.3. The molecule has 0 saturated carbocycles. The first-order valence-corrected chi connectivity index (χ1v) is 28.2. The molecule has 370 valence electrons. The minimum atomic E-state index is 0.884.